The first-order valence-electron chi connectivity index (χ1n) is 5.07. The molecule has 1 rings (SSSR count). The second kappa shape index (κ2) is 7.33. The van der Waals surface area contributed by atoms with Crippen molar-refractivity contribution in [2.24, 2.45) is 0 Å². The number of hydrogen-bond donors (Lipinski definition) is 1. The number of alkyl halides is 3. The molecule has 1 N–H and O–H groups in total. The summed E-state index contributed by atoms with van der Waals surface area (Å²) in [7, 11) is 1.58. The van der Waals surface area contributed by atoms with Gasteiger partial charge in [0.1, 0.15) is 0 Å². The molecule has 1 amide bonds. The molecule has 1 fully saturated rings. The predicted octanol–water partition coefficient (Wildman–Crippen LogP) is 1.87. The van der Waals surface area contributed by atoms with Crippen molar-refractivity contribution >= 4 is 30.1 Å². The fourth-order valence-electron chi connectivity index (χ4n) is 1.64. The number of thioether (sulfide) groups is 1. The molecular weight excluding hydrogens is 277 g/mol. The average molecular weight is 293 g/mol. The number of nitrogens with zero attached hydrogens (tertiary/aromatic N) is 1. The summed E-state index contributed by atoms with van der Waals surface area (Å²) in [5, 5.41) is 3.14. The lowest BCUT2D eigenvalue weighted by Gasteiger charge is -2.31. The van der Waals surface area contributed by atoms with Crippen LogP contribution in [-0.2, 0) is 4.79 Å². The minimum atomic E-state index is -4.33. The quantitative estimate of drug-likeness (QED) is 0.862. The summed E-state index contributed by atoms with van der Waals surface area (Å²) < 4.78 is 35.7. The van der Waals surface area contributed by atoms with Gasteiger partial charge in [-0.3, -0.25) is 4.79 Å². The Hall–Kier alpha value is -0.140. The fourth-order valence-corrected chi connectivity index (χ4v) is 2.13. The van der Waals surface area contributed by atoms with E-state index in [-0.39, 0.29) is 30.2 Å². The van der Waals surface area contributed by atoms with Crippen LogP contribution in [0.15, 0.2) is 0 Å². The van der Waals surface area contributed by atoms with Crippen molar-refractivity contribution < 1.29 is 18.0 Å². The number of nitrogens with one attached hydrogen (secondary N) is 1. The summed E-state index contributed by atoms with van der Waals surface area (Å²) in [6.07, 6.45) is 1.61. The first kappa shape index (κ1) is 16.9. The van der Waals surface area contributed by atoms with Crippen LogP contribution in [0.3, 0.4) is 0 Å². The van der Waals surface area contributed by atoms with Crippen LogP contribution in [0.2, 0.25) is 0 Å². The molecule has 8 heteroatoms. The van der Waals surface area contributed by atoms with Crippen LogP contribution in [0, 0.1) is 0 Å². The number of halogens is 4. The molecule has 102 valence electrons. The molecular formula is C9H16ClF3N2OS. The van der Waals surface area contributed by atoms with Crippen LogP contribution in [0.1, 0.15) is 12.8 Å². The normalized spacial score (nSPS) is 17.4. The predicted molar refractivity (Wildman–Crippen MR) is 64.4 cm³/mol. The fraction of sp³-hybridized carbons (Fsp3) is 0.889. The minimum Gasteiger partial charge on any atom is -0.342 e. The molecule has 0 aromatic rings. The zero-order chi connectivity index (χ0) is 12.2. The van der Waals surface area contributed by atoms with Gasteiger partial charge in [0.25, 0.3) is 0 Å². The Morgan fingerprint density at radius 3 is 2.41 bits per heavy atom. The van der Waals surface area contributed by atoms with Crippen molar-refractivity contribution in [3.63, 3.8) is 0 Å². The van der Waals surface area contributed by atoms with Crippen molar-refractivity contribution in [1.29, 1.82) is 0 Å². The van der Waals surface area contributed by atoms with E-state index in [0.717, 1.165) is 25.9 Å². The van der Waals surface area contributed by atoms with Crippen molar-refractivity contribution in [1.82, 2.24) is 10.2 Å². The Labute approximate surface area is 109 Å². The summed E-state index contributed by atoms with van der Waals surface area (Å²) in [6, 6.07) is 0.0718. The third-order valence-electron chi connectivity index (χ3n) is 2.61. The van der Waals surface area contributed by atoms with E-state index in [0.29, 0.717) is 0 Å². The first-order valence-corrected chi connectivity index (χ1v) is 6.06. The van der Waals surface area contributed by atoms with Crippen molar-refractivity contribution in [2.45, 2.75) is 24.4 Å². The van der Waals surface area contributed by atoms with Crippen LogP contribution in [0.25, 0.3) is 0 Å². The minimum absolute atomic E-state index is 0. The zero-order valence-electron chi connectivity index (χ0n) is 9.42. The summed E-state index contributed by atoms with van der Waals surface area (Å²) in [5.41, 5.74) is -4.33. The summed E-state index contributed by atoms with van der Waals surface area (Å²) >= 11 is -0.273. The second-order valence-corrected chi connectivity index (χ2v) is 4.76. The lowest BCUT2D eigenvalue weighted by molar-refractivity contribution is -0.129. The third-order valence-corrected chi connectivity index (χ3v) is 3.33. The molecule has 1 saturated heterocycles. The Kier molecular flexibility index (Phi) is 7.27. The van der Waals surface area contributed by atoms with Gasteiger partial charge < -0.3 is 10.2 Å². The van der Waals surface area contributed by atoms with Crippen LogP contribution in [-0.4, -0.2) is 48.2 Å². The maximum Gasteiger partial charge on any atom is 0.442 e. The molecule has 1 aliphatic rings. The molecule has 0 spiro atoms. The largest absolute Gasteiger partial charge is 0.442 e. The molecule has 0 aromatic carbocycles. The van der Waals surface area contributed by atoms with Crippen molar-refractivity contribution in [3.05, 3.63) is 0 Å². The third kappa shape index (κ3) is 6.38. The molecule has 1 aliphatic heterocycles. The van der Waals surface area contributed by atoms with Gasteiger partial charge in [0.2, 0.25) is 5.91 Å². The second-order valence-electron chi connectivity index (χ2n) is 3.72. The molecule has 0 bridgehead atoms. The highest BCUT2D eigenvalue weighted by molar-refractivity contribution is 8.00. The summed E-state index contributed by atoms with van der Waals surface area (Å²) in [6.45, 7) is 1.63. The van der Waals surface area contributed by atoms with Crippen LogP contribution >= 0.6 is 24.2 Å². The molecule has 0 aliphatic carbocycles. The highest BCUT2D eigenvalue weighted by Gasteiger charge is 2.31. The van der Waals surface area contributed by atoms with E-state index in [2.05, 4.69) is 5.32 Å². The van der Waals surface area contributed by atoms with Crippen LogP contribution < -0.4 is 5.32 Å². The van der Waals surface area contributed by atoms with Gasteiger partial charge in [0, 0.05) is 13.1 Å². The van der Waals surface area contributed by atoms with Gasteiger partial charge in [-0.25, -0.2) is 0 Å². The number of carbonyl (C=O) groups excluding carboxylic acids is 1. The number of carbonyl (C=O) groups is 1. The van der Waals surface area contributed by atoms with Crippen molar-refractivity contribution in [2.75, 3.05) is 25.9 Å². The van der Waals surface area contributed by atoms with Gasteiger partial charge >= 0.3 is 5.51 Å². The zero-order valence-corrected chi connectivity index (χ0v) is 11.1. The lowest BCUT2D eigenvalue weighted by atomic mass is 10.1. The van der Waals surface area contributed by atoms with Gasteiger partial charge in [-0.05, 0) is 37.7 Å². The smallest absolute Gasteiger partial charge is 0.342 e. The van der Waals surface area contributed by atoms with Gasteiger partial charge in [0.05, 0.1) is 5.75 Å². The van der Waals surface area contributed by atoms with E-state index in [1.165, 1.54) is 4.90 Å². The van der Waals surface area contributed by atoms with Crippen molar-refractivity contribution in [3.8, 4) is 0 Å². The maximum atomic E-state index is 11.9. The van der Waals surface area contributed by atoms with Gasteiger partial charge in [-0.15, -0.1) is 12.4 Å². The van der Waals surface area contributed by atoms with Gasteiger partial charge in [-0.2, -0.15) is 13.2 Å². The molecule has 3 nitrogen and oxygen atoms in total. The number of rotatable bonds is 3. The monoisotopic (exact) mass is 292 g/mol. The summed E-state index contributed by atoms with van der Waals surface area (Å²) in [5.74, 6) is -0.974. The van der Waals surface area contributed by atoms with Gasteiger partial charge in [0.15, 0.2) is 0 Å². The number of hydrogen-bond acceptors (Lipinski definition) is 3. The molecule has 0 aromatic heterocycles. The highest BCUT2D eigenvalue weighted by atomic mass is 35.5. The lowest BCUT2D eigenvalue weighted by Crippen LogP contribution is -2.44. The summed E-state index contributed by atoms with van der Waals surface area (Å²) in [4.78, 5) is 12.9. The maximum absolute atomic E-state index is 11.9. The highest BCUT2D eigenvalue weighted by Crippen LogP contribution is 2.30. The number of amides is 1. The van der Waals surface area contributed by atoms with Crippen LogP contribution in [0.4, 0.5) is 13.2 Å². The molecule has 0 atom stereocenters. The Balaban J connectivity index is 0.00000256. The topological polar surface area (TPSA) is 32.3 Å². The standard InChI is InChI=1S/C9H15F3N2OS.ClH/c1-14(7-2-4-13-5-3-7)8(15)6-16-9(10,11)12;/h7,13H,2-6H2,1H3;1H. The van der Waals surface area contributed by atoms with E-state index in [4.69, 9.17) is 0 Å². The first-order chi connectivity index (χ1) is 7.40. The van der Waals surface area contributed by atoms with E-state index >= 15 is 0 Å². The van der Waals surface area contributed by atoms with E-state index < -0.39 is 17.2 Å². The Morgan fingerprint density at radius 2 is 1.94 bits per heavy atom. The molecule has 1 heterocycles. The van der Waals surface area contributed by atoms with Crippen LogP contribution in [0.5, 0.6) is 0 Å². The Bertz CT molecular complexity index is 247. The molecule has 0 unspecified atom stereocenters. The number of piperidine rings is 1. The molecule has 17 heavy (non-hydrogen) atoms. The van der Waals surface area contributed by atoms with Gasteiger partial charge in [-0.1, -0.05) is 0 Å². The Morgan fingerprint density at radius 1 is 1.41 bits per heavy atom. The van der Waals surface area contributed by atoms with E-state index in [1.54, 1.807) is 7.05 Å². The SMILES string of the molecule is CN(C(=O)CSC(F)(F)F)C1CCNCC1.Cl. The van der Waals surface area contributed by atoms with E-state index in [1.807, 2.05) is 0 Å². The average Bonchev–Trinajstić information content (AvgIpc) is 2.25. The van der Waals surface area contributed by atoms with E-state index in [9.17, 15) is 18.0 Å². The molecule has 0 radical (unpaired) electrons. The molecule has 0 saturated carbocycles.